The molecule has 0 radical (unpaired) electrons. The van der Waals surface area contributed by atoms with Crippen LogP contribution in [0.4, 0.5) is 5.82 Å². The Kier molecular flexibility index (Phi) is 4.08. The topological polar surface area (TPSA) is 67.3 Å². The highest BCUT2D eigenvalue weighted by Gasteiger charge is 2.11. The molecule has 100 valence electrons. The number of nitrogens with zero attached hydrogens (tertiary/aromatic N) is 2. The predicted molar refractivity (Wildman–Crippen MR) is 82.7 cm³/mol. The molecule has 5 nitrogen and oxygen atoms in total. The first-order chi connectivity index (χ1) is 9.06. The van der Waals surface area contributed by atoms with Crippen LogP contribution in [-0.4, -0.2) is 29.2 Å². The molecule has 2 N–H and O–H groups in total. The Bertz CT molecular complexity index is 617. The Labute approximate surface area is 125 Å². The van der Waals surface area contributed by atoms with E-state index in [4.69, 9.17) is 4.74 Å². The molecule has 0 aliphatic heterocycles. The molecule has 0 bridgehead atoms. The molecule has 2 rings (SSSR count). The average molecular weight is 371 g/mol. The minimum atomic E-state index is 0.0748. The zero-order chi connectivity index (χ0) is 14.0. The molecule has 6 heteroatoms. The SMILES string of the molecule is CNc1nc(-c2ccc(OC)c(O)c2)nc(C)c1I. The lowest BCUT2D eigenvalue weighted by Gasteiger charge is -2.10. The molecular weight excluding hydrogens is 357 g/mol. The molecule has 0 amide bonds. The number of anilines is 1. The van der Waals surface area contributed by atoms with E-state index >= 15 is 0 Å². The van der Waals surface area contributed by atoms with Gasteiger partial charge in [0, 0.05) is 12.6 Å². The molecule has 0 saturated heterocycles. The van der Waals surface area contributed by atoms with Crippen molar-refractivity contribution >= 4 is 28.4 Å². The Morgan fingerprint density at radius 3 is 2.63 bits per heavy atom. The maximum Gasteiger partial charge on any atom is 0.161 e. The van der Waals surface area contributed by atoms with Gasteiger partial charge >= 0.3 is 0 Å². The summed E-state index contributed by atoms with van der Waals surface area (Å²) in [4.78, 5) is 8.87. The predicted octanol–water partition coefficient (Wildman–Crippen LogP) is 2.81. The maximum atomic E-state index is 9.81. The van der Waals surface area contributed by atoms with Crippen molar-refractivity contribution in [3.8, 4) is 22.9 Å². The lowest BCUT2D eigenvalue weighted by atomic mass is 10.2. The van der Waals surface area contributed by atoms with Gasteiger partial charge < -0.3 is 15.2 Å². The number of nitrogens with one attached hydrogen (secondary N) is 1. The smallest absolute Gasteiger partial charge is 0.161 e. The molecule has 2 aromatic rings. The van der Waals surface area contributed by atoms with Crippen LogP contribution < -0.4 is 10.1 Å². The fourth-order valence-corrected chi connectivity index (χ4v) is 2.19. The van der Waals surface area contributed by atoms with Crippen molar-refractivity contribution < 1.29 is 9.84 Å². The van der Waals surface area contributed by atoms with E-state index < -0.39 is 0 Å². The second-order valence-electron chi connectivity index (χ2n) is 3.93. The number of ether oxygens (including phenoxy) is 1. The molecule has 0 saturated carbocycles. The summed E-state index contributed by atoms with van der Waals surface area (Å²) in [5.41, 5.74) is 1.64. The number of halogens is 1. The molecule has 0 aliphatic carbocycles. The van der Waals surface area contributed by atoms with Crippen molar-refractivity contribution in [1.82, 2.24) is 9.97 Å². The normalized spacial score (nSPS) is 10.3. The van der Waals surface area contributed by atoms with Gasteiger partial charge in [-0.15, -0.1) is 0 Å². The van der Waals surface area contributed by atoms with Gasteiger partial charge in [-0.25, -0.2) is 9.97 Å². The van der Waals surface area contributed by atoms with Crippen molar-refractivity contribution in [2.45, 2.75) is 6.92 Å². The molecule has 0 spiro atoms. The van der Waals surface area contributed by atoms with E-state index in [1.54, 1.807) is 12.1 Å². The van der Waals surface area contributed by atoms with Gasteiger partial charge in [-0.1, -0.05) is 0 Å². The Hall–Kier alpha value is -1.57. The van der Waals surface area contributed by atoms with E-state index in [9.17, 15) is 5.11 Å². The van der Waals surface area contributed by atoms with Crippen molar-refractivity contribution in [1.29, 1.82) is 0 Å². The summed E-state index contributed by atoms with van der Waals surface area (Å²) in [6, 6.07) is 5.11. The molecule has 0 unspecified atom stereocenters. The van der Waals surface area contributed by atoms with Gasteiger partial charge in [-0.2, -0.15) is 0 Å². The highest BCUT2D eigenvalue weighted by Crippen LogP contribution is 2.31. The number of hydrogen-bond acceptors (Lipinski definition) is 5. The van der Waals surface area contributed by atoms with Crippen LogP contribution in [0.1, 0.15) is 5.69 Å². The van der Waals surface area contributed by atoms with Crippen LogP contribution in [0.5, 0.6) is 11.5 Å². The van der Waals surface area contributed by atoms with Crippen LogP contribution in [0.2, 0.25) is 0 Å². The lowest BCUT2D eigenvalue weighted by Crippen LogP contribution is -2.02. The van der Waals surface area contributed by atoms with Crippen molar-refractivity contribution in [3.63, 3.8) is 0 Å². The molecule has 1 aromatic carbocycles. The number of phenols is 1. The van der Waals surface area contributed by atoms with E-state index in [-0.39, 0.29) is 5.75 Å². The van der Waals surface area contributed by atoms with E-state index in [0.717, 1.165) is 20.6 Å². The maximum absolute atomic E-state index is 9.81. The average Bonchev–Trinajstić information content (AvgIpc) is 2.41. The van der Waals surface area contributed by atoms with Gasteiger partial charge in [0.05, 0.1) is 16.4 Å². The lowest BCUT2D eigenvalue weighted by molar-refractivity contribution is 0.373. The number of aromatic nitrogens is 2. The number of hydrogen-bond donors (Lipinski definition) is 2. The largest absolute Gasteiger partial charge is 0.504 e. The summed E-state index contributed by atoms with van der Waals surface area (Å²) in [6.45, 7) is 1.93. The summed E-state index contributed by atoms with van der Waals surface area (Å²) in [5.74, 6) is 1.85. The standard InChI is InChI=1S/C13H14IN3O2/c1-7-11(14)13(15-2)17-12(16-7)8-4-5-10(19-3)9(18)6-8/h4-6,18H,1-3H3,(H,15,16,17). The Morgan fingerprint density at radius 2 is 2.05 bits per heavy atom. The molecular formula is C13H14IN3O2. The van der Waals surface area contributed by atoms with Crippen molar-refractivity contribution in [2.24, 2.45) is 0 Å². The van der Waals surface area contributed by atoms with Gasteiger partial charge in [-0.3, -0.25) is 0 Å². The molecule has 1 aromatic heterocycles. The first-order valence-corrected chi connectivity index (χ1v) is 6.74. The quantitative estimate of drug-likeness (QED) is 0.813. The summed E-state index contributed by atoms with van der Waals surface area (Å²) in [5, 5.41) is 12.8. The number of methoxy groups -OCH3 is 1. The third-order valence-electron chi connectivity index (χ3n) is 2.69. The number of aryl methyl sites for hydroxylation is 1. The first kappa shape index (κ1) is 13.9. The number of benzene rings is 1. The van der Waals surface area contributed by atoms with E-state index in [1.165, 1.54) is 7.11 Å². The highest BCUT2D eigenvalue weighted by molar-refractivity contribution is 14.1. The molecule has 0 atom stereocenters. The van der Waals surface area contributed by atoms with Crippen LogP contribution in [-0.2, 0) is 0 Å². The minimum Gasteiger partial charge on any atom is -0.504 e. The van der Waals surface area contributed by atoms with Gasteiger partial charge in [0.1, 0.15) is 5.82 Å². The van der Waals surface area contributed by atoms with Gasteiger partial charge in [-0.05, 0) is 47.7 Å². The fourth-order valence-electron chi connectivity index (χ4n) is 1.68. The number of phenolic OH excluding ortho intramolecular Hbond substituents is 1. The third kappa shape index (κ3) is 2.73. The zero-order valence-corrected chi connectivity index (χ0v) is 13.0. The molecule has 0 aliphatic rings. The minimum absolute atomic E-state index is 0.0748. The summed E-state index contributed by atoms with van der Waals surface area (Å²) >= 11 is 2.20. The van der Waals surface area contributed by atoms with Gasteiger partial charge in [0.15, 0.2) is 17.3 Å². The van der Waals surface area contributed by atoms with Crippen molar-refractivity contribution in [2.75, 3.05) is 19.5 Å². The van der Waals surface area contributed by atoms with Crippen LogP contribution in [0.15, 0.2) is 18.2 Å². The van der Waals surface area contributed by atoms with E-state index in [1.807, 2.05) is 20.0 Å². The molecule has 0 fully saturated rings. The highest BCUT2D eigenvalue weighted by atomic mass is 127. The fraction of sp³-hybridized carbons (Fsp3) is 0.231. The van der Waals surface area contributed by atoms with E-state index in [0.29, 0.717) is 11.6 Å². The van der Waals surface area contributed by atoms with E-state index in [2.05, 4.69) is 37.9 Å². The summed E-state index contributed by atoms with van der Waals surface area (Å²) in [6.07, 6.45) is 0. The Morgan fingerprint density at radius 1 is 1.32 bits per heavy atom. The summed E-state index contributed by atoms with van der Waals surface area (Å²) in [7, 11) is 3.33. The third-order valence-corrected chi connectivity index (χ3v) is 3.98. The zero-order valence-electron chi connectivity index (χ0n) is 10.9. The second-order valence-corrected chi connectivity index (χ2v) is 5.01. The van der Waals surface area contributed by atoms with Gasteiger partial charge in [0.25, 0.3) is 0 Å². The monoisotopic (exact) mass is 371 g/mol. The first-order valence-electron chi connectivity index (χ1n) is 5.66. The molecule has 19 heavy (non-hydrogen) atoms. The van der Waals surface area contributed by atoms with Crippen LogP contribution in [0.25, 0.3) is 11.4 Å². The number of rotatable bonds is 3. The van der Waals surface area contributed by atoms with Crippen LogP contribution in [0.3, 0.4) is 0 Å². The van der Waals surface area contributed by atoms with Crippen LogP contribution in [0, 0.1) is 10.5 Å². The van der Waals surface area contributed by atoms with Gasteiger partial charge in [0.2, 0.25) is 0 Å². The summed E-state index contributed by atoms with van der Waals surface area (Å²) < 4.78 is 6.01. The Balaban J connectivity index is 2.53. The number of aromatic hydroxyl groups is 1. The van der Waals surface area contributed by atoms with Crippen LogP contribution >= 0.6 is 22.6 Å². The second kappa shape index (κ2) is 5.60. The van der Waals surface area contributed by atoms with Crippen molar-refractivity contribution in [3.05, 3.63) is 27.5 Å². The molecule has 1 heterocycles.